The highest BCUT2D eigenvalue weighted by atomic mass is 32.1. The summed E-state index contributed by atoms with van der Waals surface area (Å²) >= 11 is 1.73. The molecule has 0 aliphatic rings. The van der Waals surface area contributed by atoms with E-state index in [0.717, 1.165) is 6.54 Å². The molecule has 0 amide bonds. The topological polar surface area (TPSA) is 35.8 Å². The number of rotatable bonds is 5. The second-order valence-corrected chi connectivity index (χ2v) is 6.33. The molecule has 0 radical (unpaired) electrons. The van der Waals surface area contributed by atoms with Crippen molar-refractivity contribution in [3.05, 3.63) is 57.5 Å². The molecule has 1 N–H and O–H groups in total. The first kappa shape index (κ1) is 14.7. The van der Waals surface area contributed by atoms with Crippen LogP contribution in [0.25, 0.3) is 0 Å². The van der Waals surface area contributed by atoms with E-state index in [9.17, 15) is 4.39 Å². The highest BCUT2D eigenvalue weighted by Gasteiger charge is 2.21. The molecule has 0 bridgehead atoms. The van der Waals surface area contributed by atoms with Crippen LogP contribution in [0.1, 0.15) is 29.9 Å². The van der Waals surface area contributed by atoms with Gasteiger partial charge in [0.25, 0.3) is 0 Å². The summed E-state index contributed by atoms with van der Waals surface area (Å²) in [6.07, 6.45) is 0. The minimum atomic E-state index is -0.307. The van der Waals surface area contributed by atoms with Crippen molar-refractivity contribution in [2.24, 2.45) is 0 Å². The van der Waals surface area contributed by atoms with Gasteiger partial charge in [-0.1, -0.05) is 19.9 Å². The van der Waals surface area contributed by atoms with Crippen molar-refractivity contribution < 1.29 is 4.39 Å². The van der Waals surface area contributed by atoms with Gasteiger partial charge in [-0.15, -0.1) is 11.3 Å². The number of nitrogens with one attached hydrogen (secondary N) is 1. The number of benzene rings is 1. The molecule has 2 aromatic rings. The second kappa shape index (κ2) is 6.17. The van der Waals surface area contributed by atoms with Crippen molar-refractivity contribution in [1.29, 1.82) is 5.26 Å². The Morgan fingerprint density at radius 3 is 2.80 bits per heavy atom. The lowest BCUT2D eigenvalue weighted by atomic mass is 9.91. The van der Waals surface area contributed by atoms with Crippen molar-refractivity contribution in [3.63, 3.8) is 0 Å². The molecule has 0 unspecified atom stereocenters. The van der Waals surface area contributed by atoms with Gasteiger partial charge in [-0.2, -0.15) is 5.26 Å². The summed E-state index contributed by atoms with van der Waals surface area (Å²) in [6.45, 7) is 5.61. The van der Waals surface area contributed by atoms with Gasteiger partial charge in [-0.05, 0) is 35.2 Å². The van der Waals surface area contributed by atoms with Crippen molar-refractivity contribution in [3.8, 4) is 6.07 Å². The second-order valence-electron chi connectivity index (χ2n) is 5.38. The van der Waals surface area contributed by atoms with Crippen LogP contribution < -0.4 is 5.32 Å². The fraction of sp³-hybridized carbons (Fsp3) is 0.312. The van der Waals surface area contributed by atoms with Crippen LogP contribution in [0.2, 0.25) is 0 Å². The number of thiophene rings is 1. The molecule has 0 atom stereocenters. The molecule has 1 aromatic carbocycles. The van der Waals surface area contributed by atoms with E-state index in [-0.39, 0.29) is 11.2 Å². The molecular formula is C16H17FN2S. The van der Waals surface area contributed by atoms with Gasteiger partial charge in [0.1, 0.15) is 5.82 Å². The van der Waals surface area contributed by atoms with E-state index >= 15 is 0 Å². The third kappa shape index (κ3) is 3.44. The van der Waals surface area contributed by atoms with Crippen LogP contribution in [0.5, 0.6) is 0 Å². The number of nitriles is 1. The minimum Gasteiger partial charge on any atom is -0.312 e. The smallest absolute Gasteiger partial charge is 0.123 e. The van der Waals surface area contributed by atoms with Gasteiger partial charge >= 0.3 is 0 Å². The molecule has 0 aliphatic heterocycles. The third-order valence-electron chi connectivity index (χ3n) is 3.26. The summed E-state index contributed by atoms with van der Waals surface area (Å²) in [5, 5.41) is 14.4. The first-order chi connectivity index (χ1) is 9.53. The van der Waals surface area contributed by atoms with Crippen LogP contribution in [-0.2, 0) is 12.0 Å². The number of hydrogen-bond acceptors (Lipinski definition) is 3. The predicted octanol–water partition coefficient (Wildman–Crippen LogP) is 3.83. The molecule has 0 fully saturated rings. The summed E-state index contributed by atoms with van der Waals surface area (Å²) in [7, 11) is 0. The van der Waals surface area contributed by atoms with E-state index in [1.165, 1.54) is 23.1 Å². The summed E-state index contributed by atoms with van der Waals surface area (Å²) in [5.41, 5.74) is 1.25. The molecule has 0 saturated carbocycles. The van der Waals surface area contributed by atoms with Crippen LogP contribution >= 0.6 is 11.3 Å². The van der Waals surface area contributed by atoms with Gasteiger partial charge in [0.05, 0.1) is 11.6 Å². The predicted molar refractivity (Wildman–Crippen MR) is 80.2 cm³/mol. The lowest BCUT2D eigenvalue weighted by Crippen LogP contribution is -2.32. The standard InChI is InChI=1S/C16H17FN2S/c1-16(2,15-4-3-7-20-15)11-19-10-13-8-14(17)6-5-12(13)9-18/h3-8,19H,10-11H2,1-2H3. The maximum absolute atomic E-state index is 13.2. The van der Waals surface area contributed by atoms with E-state index in [1.807, 2.05) is 6.07 Å². The number of hydrogen-bond donors (Lipinski definition) is 1. The van der Waals surface area contributed by atoms with Crippen LogP contribution in [0.4, 0.5) is 4.39 Å². The van der Waals surface area contributed by atoms with Crippen LogP contribution in [0.15, 0.2) is 35.7 Å². The molecule has 20 heavy (non-hydrogen) atoms. The lowest BCUT2D eigenvalue weighted by Gasteiger charge is -2.24. The largest absolute Gasteiger partial charge is 0.312 e. The zero-order chi connectivity index (χ0) is 14.6. The first-order valence-electron chi connectivity index (χ1n) is 6.46. The molecule has 104 valence electrons. The molecular weight excluding hydrogens is 271 g/mol. The van der Waals surface area contributed by atoms with Crippen molar-refractivity contribution in [2.75, 3.05) is 6.54 Å². The molecule has 0 spiro atoms. The van der Waals surface area contributed by atoms with E-state index in [0.29, 0.717) is 17.7 Å². The van der Waals surface area contributed by atoms with Crippen LogP contribution in [0.3, 0.4) is 0 Å². The first-order valence-corrected chi connectivity index (χ1v) is 7.34. The van der Waals surface area contributed by atoms with E-state index < -0.39 is 0 Å². The van der Waals surface area contributed by atoms with Gasteiger partial charge in [0.2, 0.25) is 0 Å². The number of halogens is 1. The molecule has 4 heteroatoms. The Hall–Kier alpha value is -1.70. The fourth-order valence-corrected chi connectivity index (χ4v) is 2.93. The highest BCUT2D eigenvalue weighted by Crippen LogP contribution is 2.26. The Labute approximate surface area is 122 Å². The zero-order valence-electron chi connectivity index (χ0n) is 11.6. The molecule has 0 saturated heterocycles. The van der Waals surface area contributed by atoms with Crippen LogP contribution in [0, 0.1) is 17.1 Å². The highest BCUT2D eigenvalue weighted by molar-refractivity contribution is 7.10. The Balaban J connectivity index is 2.00. The van der Waals surface area contributed by atoms with Crippen LogP contribution in [-0.4, -0.2) is 6.54 Å². The summed E-state index contributed by atoms with van der Waals surface area (Å²) in [4.78, 5) is 1.31. The molecule has 0 aliphatic carbocycles. The van der Waals surface area contributed by atoms with Gasteiger partial charge in [-0.3, -0.25) is 0 Å². The summed E-state index contributed by atoms with van der Waals surface area (Å²) < 4.78 is 13.2. The summed E-state index contributed by atoms with van der Waals surface area (Å²) in [6, 6.07) is 10.5. The molecule has 2 rings (SSSR count). The van der Waals surface area contributed by atoms with Gasteiger partial charge < -0.3 is 5.32 Å². The van der Waals surface area contributed by atoms with E-state index in [2.05, 4.69) is 36.7 Å². The minimum absolute atomic E-state index is 0.0221. The van der Waals surface area contributed by atoms with Gasteiger partial charge in [-0.25, -0.2) is 4.39 Å². The third-order valence-corrected chi connectivity index (χ3v) is 4.49. The lowest BCUT2D eigenvalue weighted by molar-refractivity contribution is 0.476. The van der Waals surface area contributed by atoms with Crippen molar-refractivity contribution >= 4 is 11.3 Å². The maximum atomic E-state index is 13.2. The Bertz CT molecular complexity index is 612. The monoisotopic (exact) mass is 288 g/mol. The quantitative estimate of drug-likeness (QED) is 0.907. The zero-order valence-corrected chi connectivity index (χ0v) is 12.4. The van der Waals surface area contributed by atoms with E-state index in [4.69, 9.17) is 5.26 Å². The van der Waals surface area contributed by atoms with Crippen molar-refractivity contribution in [1.82, 2.24) is 5.32 Å². The van der Waals surface area contributed by atoms with Gasteiger partial charge in [0.15, 0.2) is 0 Å². The Kier molecular flexibility index (Phi) is 4.53. The fourth-order valence-electron chi connectivity index (χ4n) is 2.08. The van der Waals surface area contributed by atoms with Gasteiger partial charge in [0, 0.05) is 23.4 Å². The SMILES string of the molecule is CC(C)(CNCc1cc(F)ccc1C#N)c1cccs1. The molecule has 2 nitrogen and oxygen atoms in total. The molecule has 1 heterocycles. The Morgan fingerprint density at radius 2 is 2.15 bits per heavy atom. The maximum Gasteiger partial charge on any atom is 0.123 e. The van der Waals surface area contributed by atoms with Crippen molar-refractivity contribution in [2.45, 2.75) is 25.8 Å². The average Bonchev–Trinajstić information content (AvgIpc) is 2.93. The normalized spacial score (nSPS) is 11.3. The average molecular weight is 288 g/mol. The Morgan fingerprint density at radius 1 is 1.35 bits per heavy atom. The number of nitrogens with zero attached hydrogens (tertiary/aromatic N) is 1. The summed E-state index contributed by atoms with van der Waals surface area (Å²) in [5.74, 6) is -0.307. The van der Waals surface area contributed by atoms with E-state index in [1.54, 1.807) is 11.3 Å². The molecule has 1 aromatic heterocycles.